The maximum atomic E-state index is 12.8. The molecule has 0 unspecified atom stereocenters. The summed E-state index contributed by atoms with van der Waals surface area (Å²) >= 11 is 0. The maximum absolute atomic E-state index is 12.8. The lowest BCUT2D eigenvalue weighted by Gasteiger charge is -2.36. The van der Waals surface area contributed by atoms with Gasteiger partial charge in [-0.2, -0.15) is 4.98 Å². The zero-order chi connectivity index (χ0) is 22.2. The molecule has 10 heteroatoms. The molecule has 3 heterocycles. The highest BCUT2D eigenvalue weighted by Crippen LogP contribution is 2.21. The zero-order valence-electron chi connectivity index (χ0n) is 18.4. The highest BCUT2D eigenvalue weighted by atomic mass is 16.6. The van der Waals surface area contributed by atoms with Gasteiger partial charge in [0, 0.05) is 40.3 Å². The summed E-state index contributed by atoms with van der Waals surface area (Å²) in [7, 11) is 3.05. The third kappa shape index (κ3) is 3.92. The predicted molar refractivity (Wildman–Crippen MR) is 114 cm³/mol. The van der Waals surface area contributed by atoms with Crippen LogP contribution in [0.2, 0.25) is 0 Å². The highest BCUT2D eigenvalue weighted by molar-refractivity contribution is 5.75. The normalized spacial score (nSPS) is 14.6. The van der Waals surface area contributed by atoms with Crippen molar-refractivity contribution in [2.45, 2.75) is 39.8 Å². The number of carbonyl (C=O) groups is 1. The fourth-order valence-corrected chi connectivity index (χ4v) is 3.40. The molecule has 3 rings (SSSR count). The first kappa shape index (κ1) is 21.5. The third-order valence-electron chi connectivity index (χ3n) is 4.96. The minimum absolute atomic E-state index is 0.280. The van der Waals surface area contributed by atoms with E-state index in [0.29, 0.717) is 43.3 Å². The second kappa shape index (κ2) is 7.89. The van der Waals surface area contributed by atoms with Gasteiger partial charge in [-0.05, 0) is 27.7 Å². The Morgan fingerprint density at radius 1 is 1.10 bits per heavy atom. The summed E-state index contributed by atoms with van der Waals surface area (Å²) in [6, 6.07) is 0. The smallest absolute Gasteiger partial charge is 0.410 e. The van der Waals surface area contributed by atoms with Crippen molar-refractivity contribution in [2.75, 3.05) is 31.1 Å². The standard InChI is InChI=1S/C20H28N6O4/c1-7-8-9-26-14-15(22(5)18(28)23(6)16(14)27)21-17(26)24-10-12-25(13-11-24)19(29)30-20(2,3)4/h9-13H2,1-6H3. The number of fused-ring (bicyclic) bond motifs is 1. The summed E-state index contributed by atoms with van der Waals surface area (Å²) in [6.07, 6.45) is -0.344. The molecular weight excluding hydrogens is 388 g/mol. The number of aryl methyl sites for hydroxylation is 1. The van der Waals surface area contributed by atoms with Crippen molar-refractivity contribution in [3.8, 4) is 11.8 Å². The van der Waals surface area contributed by atoms with Gasteiger partial charge >= 0.3 is 11.8 Å². The molecule has 0 radical (unpaired) electrons. The molecule has 10 nitrogen and oxygen atoms in total. The Morgan fingerprint density at radius 2 is 1.73 bits per heavy atom. The molecule has 1 fully saturated rings. The van der Waals surface area contributed by atoms with E-state index in [1.54, 1.807) is 23.4 Å². The lowest BCUT2D eigenvalue weighted by molar-refractivity contribution is 0.0240. The van der Waals surface area contributed by atoms with Gasteiger partial charge in [-0.15, -0.1) is 5.92 Å². The van der Waals surface area contributed by atoms with Crippen molar-refractivity contribution in [2.24, 2.45) is 14.1 Å². The molecule has 0 atom stereocenters. The van der Waals surface area contributed by atoms with Gasteiger partial charge in [0.05, 0.1) is 6.54 Å². The van der Waals surface area contributed by atoms with Crippen LogP contribution in [0.4, 0.5) is 10.7 Å². The van der Waals surface area contributed by atoms with Gasteiger partial charge in [-0.3, -0.25) is 18.5 Å². The van der Waals surface area contributed by atoms with Crippen LogP contribution in [0.1, 0.15) is 27.7 Å². The highest BCUT2D eigenvalue weighted by Gasteiger charge is 2.29. The topological polar surface area (TPSA) is 94.6 Å². The summed E-state index contributed by atoms with van der Waals surface area (Å²) < 4.78 is 9.64. The molecule has 30 heavy (non-hydrogen) atoms. The molecule has 0 saturated carbocycles. The summed E-state index contributed by atoms with van der Waals surface area (Å²) in [5, 5.41) is 0. The lowest BCUT2D eigenvalue weighted by Crippen LogP contribution is -2.50. The van der Waals surface area contributed by atoms with Crippen LogP contribution in [0.5, 0.6) is 0 Å². The average molecular weight is 416 g/mol. The number of anilines is 1. The van der Waals surface area contributed by atoms with Gasteiger partial charge in [-0.1, -0.05) is 5.92 Å². The second-order valence-electron chi connectivity index (χ2n) is 8.26. The third-order valence-corrected chi connectivity index (χ3v) is 4.96. The number of piperazine rings is 1. The van der Waals surface area contributed by atoms with Crippen molar-refractivity contribution < 1.29 is 9.53 Å². The van der Waals surface area contributed by atoms with E-state index in [9.17, 15) is 14.4 Å². The number of ether oxygens (including phenoxy) is 1. The van der Waals surface area contributed by atoms with E-state index in [-0.39, 0.29) is 12.6 Å². The summed E-state index contributed by atoms with van der Waals surface area (Å²) in [5.41, 5.74) is -0.721. The largest absolute Gasteiger partial charge is 0.444 e. The second-order valence-corrected chi connectivity index (χ2v) is 8.26. The van der Waals surface area contributed by atoms with Crippen molar-refractivity contribution in [1.29, 1.82) is 0 Å². The summed E-state index contributed by atoms with van der Waals surface area (Å²) in [4.78, 5) is 45.7. The Hall–Kier alpha value is -3.22. The molecule has 1 amide bonds. The SMILES string of the molecule is CC#CCn1c(N2CCN(C(=O)OC(C)(C)C)CC2)nc2c1c(=O)n(C)c(=O)n2C. The van der Waals surface area contributed by atoms with Crippen LogP contribution < -0.4 is 16.1 Å². The minimum Gasteiger partial charge on any atom is -0.444 e. The maximum Gasteiger partial charge on any atom is 0.410 e. The van der Waals surface area contributed by atoms with Crippen molar-refractivity contribution in [3.63, 3.8) is 0 Å². The Bertz CT molecular complexity index is 1150. The first-order valence-corrected chi connectivity index (χ1v) is 9.84. The van der Waals surface area contributed by atoms with Gasteiger partial charge in [0.15, 0.2) is 11.2 Å². The number of aromatic nitrogens is 4. The van der Waals surface area contributed by atoms with Crippen LogP contribution in [-0.2, 0) is 25.4 Å². The molecule has 1 aliphatic heterocycles. The van der Waals surface area contributed by atoms with Gasteiger partial charge in [0.1, 0.15) is 5.60 Å². The quantitative estimate of drug-likeness (QED) is 0.663. The molecule has 2 aromatic heterocycles. The Labute approximate surface area is 174 Å². The van der Waals surface area contributed by atoms with Crippen LogP contribution >= 0.6 is 0 Å². The molecule has 162 valence electrons. The van der Waals surface area contributed by atoms with E-state index in [0.717, 1.165) is 4.57 Å². The van der Waals surface area contributed by atoms with E-state index in [2.05, 4.69) is 16.8 Å². The number of amides is 1. The number of hydrogen-bond acceptors (Lipinski definition) is 6. The van der Waals surface area contributed by atoms with E-state index < -0.39 is 16.9 Å². The fraction of sp³-hybridized carbons (Fsp3) is 0.600. The number of rotatable bonds is 2. The number of hydrogen-bond donors (Lipinski definition) is 0. The molecule has 0 spiro atoms. The molecule has 0 aromatic carbocycles. The Kier molecular flexibility index (Phi) is 5.65. The molecule has 0 bridgehead atoms. The van der Waals surface area contributed by atoms with Crippen molar-refractivity contribution in [1.82, 2.24) is 23.6 Å². The van der Waals surface area contributed by atoms with E-state index >= 15 is 0 Å². The average Bonchev–Trinajstić information content (AvgIpc) is 3.07. The van der Waals surface area contributed by atoms with Gasteiger partial charge in [0.25, 0.3) is 5.56 Å². The van der Waals surface area contributed by atoms with Gasteiger partial charge in [0.2, 0.25) is 5.95 Å². The van der Waals surface area contributed by atoms with Crippen LogP contribution in [0.25, 0.3) is 11.2 Å². The van der Waals surface area contributed by atoms with E-state index in [4.69, 9.17) is 4.74 Å². The van der Waals surface area contributed by atoms with E-state index in [1.165, 1.54) is 11.6 Å². The van der Waals surface area contributed by atoms with Crippen LogP contribution in [0.15, 0.2) is 9.59 Å². The lowest BCUT2D eigenvalue weighted by atomic mass is 10.2. The molecule has 0 aliphatic carbocycles. The van der Waals surface area contributed by atoms with Gasteiger partial charge < -0.3 is 14.5 Å². The Balaban J connectivity index is 1.97. The van der Waals surface area contributed by atoms with Crippen LogP contribution in [-0.4, -0.2) is 61.5 Å². The molecular formula is C20H28N6O4. The number of nitrogens with zero attached hydrogens (tertiary/aromatic N) is 6. The number of imidazole rings is 1. The van der Waals surface area contributed by atoms with Crippen molar-refractivity contribution in [3.05, 3.63) is 20.8 Å². The number of carbonyl (C=O) groups excluding carboxylic acids is 1. The fourth-order valence-electron chi connectivity index (χ4n) is 3.40. The first-order chi connectivity index (χ1) is 14.0. The molecule has 1 aliphatic rings. The monoisotopic (exact) mass is 416 g/mol. The van der Waals surface area contributed by atoms with Gasteiger partial charge in [-0.25, -0.2) is 9.59 Å². The predicted octanol–water partition coefficient (Wildman–Crippen LogP) is 0.514. The minimum atomic E-state index is -0.550. The summed E-state index contributed by atoms with van der Waals surface area (Å²) in [5.74, 6) is 6.39. The van der Waals surface area contributed by atoms with Crippen molar-refractivity contribution >= 4 is 23.2 Å². The molecule has 0 N–H and O–H groups in total. The molecule has 2 aromatic rings. The van der Waals surface area contributed by atoms with E-state index in [1.807, 2.05) is 25.7 Å². The zero-order valence-corrected chi connectivity index (χ0v) is 18.4. The van der Waals surface area contributed by atoms with Crippen LogP contribution in [0.3, 0.4) is 0 Å². The Morgan fingerprint density at radius 3 is 2.30 bits per heavy atom. The first-order valence-electron chi connectivity index (χ1n) is 9.84. The molecule has 1 saturated heterocycles. The summed E-state index contributed by atoms with van der Waals surface area (Å²) in [6.45, 7) is 9.50. The van der Waals surface area contributed by atoms with Crippen LogP contribution in [0, 0.1) is 11.8 Å².